The summed E-state index contributed by atoms with van der Waals surface area (Å²) in [6.07, 6.45) is 0. The number of carboxylic acid groups (broad SMARTS) is 1. The molecule has 0 aromatic heterocycles. The van der Waals surface area contributed by atoms with Gasteiger partial charge >= 0.3 is 5.97 Å². The van der Waals surface area contributed by atoms with E-state index in [0.717, 1.165) is 11.8 Å². The maximum atomic E-state index is 12.4. The van der Waals surface area contributed by atoms with Crippen molar-refractivity contribution in [2.24, 2.45) is 0 Å². The number of carbonyl (C=O) groups is 3. The van der Waals surface area contributed by atoms with Gasteiger partial charge in [0.2, 0.25) is 0 Å². The maximum Gasteiger partial charge on any atom is 0.332 e. The number of thioether (sulfide) groups is 1. The number of hydrogen-bond donors (Lipinski definition) is 0. The number of aromatic carboxylic acids is 1. The van der Waals surface area contributed by atoms with Crippen LogP contribution in [0.15, 0.2) is 53.4 Å². The fourth-order valence-electron chi connectivity index (χ4n) is 2.14. The zero-order chi connectivity index (χ0) is 15.7. The summed E-state index contributed by atoms with van der Waals surface area (Å²) in [5.41, 5.74) is 0.248. The fraction of sp³-hybridized carbons (Fsp3) is 0.0625. The summed E-state index contributed by atoms with van der Waals surface area (Å²) in [5.74, 6) is -2.24. The van der Waals surface area contributed by atoms with Crippen molar-refractivity contribution in [2.45, 2.75) is 10.1 Å². The number of ketones is 1. The number of carbonyl (C=O) groups excluding carboxylic acids is 3. The third kappa shape index (κ3) is 2.48. The average Bonchev–Trinajstić information content (AvgIpc) is 2.51. The Morgan fingerprint density at radius 1 is 1.05 bits per heavy atom. The normalized spacial score (nSPS) is 16.8. The third-order valence-electron chi connectivity index (χ3n) is 3.17. The summed E-state index contributed by atoms with van der Waals surface area (Å²) >= 11 is 0.854. The van der Waals surface area contributed by atoms with Crippen LogP contribution in [0.3, 0.4) is 0 Å². The van der Waals surface area contributed by atoms with Crippen molar-refractivity contribution in [2.75, 3.05) is 0 Å². The SMILES string of the molecule is O=C([O-])c1ccccc1SC1C(=O)Oc2ccccc2C1=O. The maximum absolute atomic E-state index is 12.4. The Labute approximate surface area is 129 Å². The van der Waals surface area contributed by atoms with Gasteiger partial charge in [-0.25, -0.2) is 4.79 Å². The standard InChI is InChI=1S/C16H10O5S/c17-13-9-5-1-3-7-11(9)21-16(20)14(13)22-12-8-4-2-6-10(12)15(18)19/h1-8,14H,(H,18,19)/p-1. The Morgan fingerprint density at radius 2 is 1.73 bits per heavy atom. The van der Waals surface area contributed by atoms with Gasteiger partial charge in [-0.2, -0.15) is 0 Å². The van der Waals surface area contributed by atoms with Crippen LogP contribution < -0.4 is 9.84 Å². The first-order valence-corrected chi connectivity index (χ1v) is 7.28. The highest BCUT2D eigenvalue weighted by atomic mass is 32.2. The van der Waals surface area contributed by atoms with E-state index in [1.54, 1.807) is 36.4 Å². The smallest absolute Gasteiger partial charge is 0.332 e. The van der Waals surface area contributed by atoms with Crippen LogP contribution in [0.25, 0.3) is 0 Å². The molecule has 0 fully saturated rings. The minimum absolute atomic E-state index is 0.0630. The first-order valence-electron chi connectivity index (χ1n) is 6.40. The molecule has 0 saturated heterocycles. The molecule has 1 atom stereocenters. The molecule has 0 spiro atoms. The highest BCUT2D eigenvalue weighted by Crippen LogP contribution is 2.35. The zero-order valence-corrected chi connectivity index (χ0v) is 12.0. The molecule has 22 heavy (non-hydrogen) atoms. The van der Waals surface area contributed by atoms with Gasteiger partial charge in [-0.05, 0) is 18.2 Å². The van der Waals surface area contributed by atoms with E-state index in [-0.39, 0.29) is 16.2 Å². The van der Waals surface area contributed by atoms with Crippen molar-refractivity contribution >= 4 is 29.5 Å². The van der Waals surface area contributed by atoms with Crippen LogP contribution in [0.2, 0.25) is 0 Å². The van der Waals surface area contributed by atoms with Gasteiger partial charge < -0.3 is 14.6 Å². The number of fused-ring (bicyclic) bond motifs is 1. The number of rotatable bonds is 3. The Kier molecular flexibility index (Phi) is 3.68. The predicted molar refractivity (Wildman–Crippen MR) is 76.8 cm³/mol. The lowest BCUT2D eigenvalue weighted by atomic mass is 10.0. The van der Waals surface area contributed by atoms with Crippen LogP contribution in [-0.4, -0.2) is 23.0 Å². The number of ether oxygens (including phenoxy) is 1. The van der Waals surface area contributed by atoms with E-state index < -0.39 is 23.0 Å². The highest BCUT2D eigenvalue weighted by molar-refractivity contribution is 8.01. The van der Waals surface area contributed by atoms with E-state index in [9.17, 15) is 19.5 Å². The first kappa shape index (κ1) is 14.3. The van der Waals surface area contributed by atoms with Gasteiger partial charge in [0, 0.05) is 10.5 Å². The molecule has 0 bridgehead atoms. The topological polar surface area (TPSA) is 83.5 Å². The number of para-hydroxylation sites is 1. The molecular weight excluding hydrogens is 304 g/mol. The molecule has 2 aromatic rings. The summed E-state index contributed by atoms with van der Waals surface area (Å²) in [5, 5.41) is 9.97. The lowest BCUT2D eigenvalue weighted by molar-refractivity contribution is -0.255. The van der Waals surface area contributed by atoms with Crippen molar-refractivity contribution in [1.29, 1.82) is 0 Å². The molecule has 1 aliphatic heterocycles. The molecule has 110 valence electrons. The van der Waals surface area contributed by atoms with Crippen molar-refractivity contribution in [3.63, 3.8) is 0 Å². The van der Waals surface area contributed by atoms with Crippen molar-refractivity contribution in [1.82, 2.24) is 0 Å². The average molecular weight is 313 g/mol. The number of esters is 1. The van der Waals surface area contributed by atoms with Gasteiger partial charge in [0.1, 0.15) is 5.75 Å². The number of hydrogen-bond acceptors (Lipinski definition) is 6. The minimum Gasteiger partial charge on any atom is -0.545 e. The van der Waals surface area contributed by atoms with Gasteiger partial charge in [0.15, 0.2) is 11.0 Å². The summed E-state index contributed by atoms with van der Waals surface area (Å²) in [4.78, 5) is 35.8. The molecule has 0 aliphatic carbocycles. The van der Waals surface area contributed by atoms with Crippen LogP contribution in [0.5, 0.6) is 5.75 Å². The van der Waals surface area contributed by atoms with E-state index in [4.69, 9.17) is 4.74 Å². The summed E-state index contributed by atoms with van der Waals surface area (Å²) in [7, 11) is 0. The molecule has 3 rings (SSSR count). The van der Waals surface area contributed by atoms with E-state index in [0.29, 0.717) is 5.56 Å². The van der Waals surface area contributed by atoms with Gasteiger partial charge in [0.25, 0.3) is 0 Å². The van der Waals surface area contributed by atoms with Crippen LogP contribution in [0, 0.1) is 0 Å². The Hall–Kier alpha value is -2.60. The zero-order valence-electron chi connectivity index (χ0n) is 11.1. The number of carboxylic acids is 1. The van der Waals surface area contributed by atoms with Gasteiger partial charge in [-0.15, -0.1) is 11.8 Å². The second-order valence-corrected chi connectivity index (χ2v) is 5.71. The van der Waals surface area contributed by atoms with Gasteiger partial charge in [-0.1, -0.05) is 30.3 Å². The predicted octanol–water partition coefficient (Wildman–Crippen LogP) is 1.31. The third-order valence-corrected chi connectivity index (χ3v) is 4.42. The highest BCUT2D eigenvalue weighted by Gasteiger charge is 2.37. The lowest BCUT2D eigenvalue weighted by Crippen LogP contribution is -2.36. The molecule has 6 heteroatoms. The Morgan fingerprint density at radius 3 is 2.50 bits per heavy atom. The number of Topliss-reactive ketones (excluding diaryl/α,β-unsaturated/α-hetero) is 1. The van der Waals surface area contributed by atoms with Crippen LogP contribution in [-0.2, 0) is 4.79 Å². The number of benzene rings is 2. The Balaban J connectivity index is 1.95. The fourth-order valence-corrected chi connectivity index (χ4v) is 3.20. The summed E-state index contributed by atoms with van der Waals surface area (Å²) < 4.78 is 5.14. The summed E-state index contributed by atoms with van der Waals surface area (Å²) in [6, 6.07) is 12.5. The second kappa shape index (κ2) is 5.65. The first-order chi connectivity index (χ1) is 10.6. The molecule has 2 aromatic carbocycles. The molecule has 1 aliphatic rings. The van der Waals surface area contributed by atoms with Crippen LogP contribution in [0.1, 0.15) is 20.7 Å². The summed E-state index contributed by atoms with van der Waals surface area (Å²) in [6.45, 7) is 0. The van der Waals surface area contributed by atoms with E-state index in [1.807, 2.05) is 0 Å². The molecule has 5 nitrogen and oxygen atoms in total. The van der Waals surface area contributed by atoms with Gasteiger partial charge in [0.05, 0.1) is 11.5 Å². The van der Waals surface area contributed by atoms with Crippen molar-refractivity contribution in [3.05, 3.63) is 59.7 Å². The lowest BCUT2D eigenvalue weighted by Gasteiger charge is -2.22. The molecule has 0 radical (unpaired) electrons. The van der Waals surface area contributed by atoms with E-state index >= 15 is 0 Å². The van der Waals surface area contributed by atoms with Crippen LogP contribution in [0.4, 0.5) is 0 Å². The molecule has 0 N–H and O–H groups in total. The molecule has 0 saturated carbocycles. The molecule has 1 heterocycles. The van der Waals surface area contributed by atoms with Crippen molar-refractivity contribution in [3.8, 4) is 5.75 Å². The van der Waals surface area contributed by atoms with E-state index in [1.165, 1.54) is 12.1 Å². The minimum atomic E-state index is -1.36. The second-order valence-electron chi connectivity index (χ2n) is 4.56. The largest absolute Gasteiger partial charge is 0.545 e. The van der Waals surface area contributed by atoms with Gasteiger partial charge in [-0.3, -0.25) is 4.79 Å². The quantitative estimate of drug-likeness (QED) is 0.483. The monoisotopic (exact) mass is 313 g/mol. The molecular formula is C16H9O5S-. The Bertz CT molecular complexity index is 784. The van der Waals surface area contributed by atoms with E-state index in [2.05, 4.69) is 0 Å². The molecule has 0 amide bonds. The van der Waals surface area contributed by atoms with Crippen LogP contribution >= 0.6 is 11.8 Å². The van der Waals surface area contributed by atoms with Crippen molar-refractivity contribution < 1.29 is 24.2 Å². The molecule has 1 unspecified atom stereocenters.